The number of nitrogens with two attached hydrogens (primary N) is 1. The summed E-state index contributed by atoms with van der Waals surface area (Å²) >= 11 is 3.24. The van der Waals surface area contributed by atoms with Crippen molar-refractivity contribution in [2.45, 2.75) is 45.1 Å². The summed E-state index contributed by atoms with van der Waals surface area (Å²) in [5.74, 6) is -3.60. The molecule has 0 aliphatic carbocycles. The van der Waals surface area contributed by atoms with Gasteiger partial charge in [0.05, 0.1) is 0 Å². The number of hydrogen-bond donors (Lipinski definition) is 2. The highest BCUT2D eigenvalue weighted by molar-refractivity contribution is 9.10. The Morgan fingerprint density at radius 3 is 2.44 bits per heavy atom. The molecule has 0 bridgehead atoms. The number of hydrogen-bond acceptors (Lipinski definition) is 6. The first kappa shape index (κ1) is 27.5. The third-order valence-corrected chi connectivity index (χ3v) is 5.34. The standard InChI is InChI=1S/C18H21BrF2N4O2.C2HF3O2/c1-10(2)25-17(26)15(19)16(23-18(25)24-6-5-13(22)8-24)27-9-11-3-4-12(20)7-14(11)21;3-2(4,5)1(6)7/h3-4,7,10,13H,5-6,8-9,22H2,1-2H3;(H,6,7). The van der Waals surface area contributed by atoms with Crippen LogP contribution in [0.15, 0.2) is 27.5 Å². The van der Waals surface area contributed by atoms with Crippen molar-refractivity contribution in [3.63, 3.8) is 0 Å². The number of benzene rings is 1. The largest absolute Gasteiger partial charge is 0.490 e. The first-order chi connectivity index (χ1) is 15.7. The van der Waals surface area contributed by atoms with Gasteiger partial charge in [-0.3, -0.25) is 9.36 Å². The van der Waals surface area contributed by atoms with Gasteiger partial charge in [0.2, 0.25) is 11.8 Å². The average Bonchev–Trinajstić information content (AvgIpc) is 3.15. The molecular formula is C20H22BrF5N4O4. The highest BCUT2D eigenvalue weighted by Crippen LogP contribution is 2.27. The molecule has 1 fully saturated rings. The molecule has 2 heterocycles. The van der Waals surface area contributed by atoms with Gasteiger partial charge in [-0.15, -0.1) is 0 Å². The zero-order valence-corrected chi connectivity index (χ0v) is 19.7. The predicted octanol–water partition coefficient (Wildman–Crippen LogP) is 3.61. The van der Waals surface area contributed by atoms with Gasteiger partial charge < -0.3 is 20.5 Å². The van der Waals surface area contributed by atoms with E-state index < -0.39 is 23.8 Å². The summed E-state index contributed by atoms with van der Waals surface area (Å²) in [5.41, 5.74) is 5.87. The van der Waals surface area contributed by atoms with Crippen LogP contribution >= 0.6 is 15.9 Å². The van der Waals surface area contributed by atoms with Crippen LogP contribution < -0.4 is 20.9 Å². The molecule has 8 nitrogen and oxygen atoms in total. The Labute approximate surface area is 199 Å². The number of carbonyl (C=O) groups is 1. The second kappa shape index (κ2) is 11.1. The van der Waals surface area contributed by atoms with Crippen LogP contribution in [0.2, 0.25) is 0 Å². The summed E-state index contributed by atoms with van der Waals surface area (Å²) < 4.78 is 65.9. The number of nitrogens with zero attached hydrogens (tertiary/aromatic N) is 3. The number of ether oxygens (including phenoxy) is 1. The van der Waals surface area contributed by atoms with Gasteiger partial charge in [-0.05, 0) is 48.3 Å². The van der Waals surface area contributed by atoms with Crippen LogP contribution in [0.3, 0.4) is 0 Å². The molecule has 3 N–H and O–H groups in total. The van der Waals surface area contributed by atoms with E-state index in [2.05, 4.69) is 20.9 Å². The Morgan fingerprint density at radius 1 is 1.35 bits per heavy atom. The minimum absolute atomic E-state index is 0.0174. The Kier molecular flexibility index (Phi) is 9.00. The SMILES string of the molecule is CC(C)n1c(N2CCC(N)C2)nc(OCc2ccc(F)cc2F)c(Br)c1=O.O=C(O)C(F)(F)F. The lowest BCUT2D eigenvalue weighted by Crippen LogP contribution is -2.35. The van der Waals surface area contributed by atoms with E-state index in [4.69, 9.17) is 20.4 Å². The topological polar surface area (TPSA) is 111 Å². The first-order valence-corrected chi connectivity index (χ1v) is 10.7. The molecule has 3 rings (SSSR count). The molecular weight excluding hydrogens is 535 g/mol. The third-order valence-electron chi connectivity index (χ3n) is 4.66. The van der Waals surface area contributed by atoms with Crippen molar-refractivity contribution >= 4 is 27.8 Å². The Morgan fingerprint density at radius 2 is 1.97 bits per heavy atom. The smallest absolute Gasteiger partial charge is 0.475 e. The van der Waals surface area contributed by atoms with Gasteiger partial charge in [0, 0.05) is 36.8 Å². The molecule has 1 aromatic heterocycles. The van der Waals surface area contributed by atoms with E-state index in [9.17, 15) is 26.7 Å². The maximum Gasteiger partial charge on any atom is 0.490 e. The van der Waals surface area contributed by atoms with Crippen molar-refractivity contribution in [3.8, 4) is 5.88 Å². The molecule has 0 radical (unpaired) electrons. The normalized spacial score (nSPS) is 15.8. The summed E-state index contributed by atoms with van der Waals surface area (Å²) in [6.07, 6.45) is -4.28. The fourth-order valence-corrected chi connectivity index (χ4v) is 3.41. The number of aliphatic carboxylic acids is 1. The number of alkyl halides is 3. The van der Waals surface area contributed by atoms with Gasteiger partial charge in [-0.25, -0.2) is 13.6 Å². The van der Waals surface area contributed by atoms with Gasteiger partial charge in [-0.1, -0.05) is 0 Å². The molecule has 34 heavy (non-hydrogen) atoms. The molecule has 2 aromatic rings. The van der Waals surface area contributed by atoms with Crippen molar-refractivity contribution in [1.29, 1.82) is 0 Å². The molecule has 1 aromatic carbocycles. The van der Waals surface area contributed by atoms with Gasteiger partial charge in [-0.2, -0.15) is 18.2 Å². The predicted molar refractivity (Wildman–Crippen MR) is 116 cm³/mol. The van der Waals surface area contributed by atoms with Crippen molar-refractivity contribution in [1.82, 2.24) is 9.55 Å². The monoisotopic (exact) mass is 556 g/mol. The van der Waals surface area contributed by atoms with Crippen molar-refractivity contribution in [2.24, 2.45) is 5.73 Å². The summed E-state index contributed by atoms with van der Waals surface area (Å²) in [6.45, 7) is 4.88. The molecule has 1 aliphatic heterocycles. The molecule has 1 atom stereocenters. The van der Waals surface area contributed by atoms with E-state index in [-0.39, 0.29) is 40.2 Å². The number of aromatic nitrogens is 2. The minimum atomic E-state index is -5.08. The van der Waals surface area contributed by atoms with Crippen LogP contribution in [0, 0.1) is 11.6 Å². The minimum Gasteiger partial charge on any atom is -0.475 e. The van der Waals surface area contributed by atoms with Gasteiger partial charge in [0.1, 0.15) is 22.7 Å². The van der Waals surface area contributed by atoms with E-state index in [0.29, 0.717) is 19.0 Å². The fourth-order valence-electron chi connectivity index (χ4n) is 3.02. The zero-order chi connectivity index (χ0) is 25.8. The summed E-state index contributed by atoms with van der Waals surface area (Å²) in [4.78, 5) is 28.2. The van der Waals surface area contributed by atoms with E-state index in [1.165, 1.54) is 6.07 Å². The van der Waals surface area contributed by atoms with E-state index in [0.717, 1.165) is 18.6 Å². The van der Waals surface area contributed by atoms with Crippen LogP contribution in [0.1, 0.15) is 31.9 Å². The third kappa shape index (κ3) is 6.88. The van der Waals surface area contributed by atoms with Gasteiger partial charge in [0.15, 0.2) is 0 Å². The quantitative estimate of drug-likeness (QED) is 0.541. The van der Waals surface area contributed by atoms with E-state index in [1.54, 1.807) is 4.57 Å². The molecule has 1 saturated heterocycles. The number of rotatable bonds is 5. The Balaban J connectivity index is 0.000000509. The molecule has 188 valence electrons. The molecule has 1 unspecified atom stereocenters. The van der Waals surface area contributed by atoms with Crippen molar-refractivity contribution in [3.05, 3.63) is 50.2 Å². The van der Waals surface area contributed by atoms with Crippen molar-refractivity contribution in [2.75, 3.05) is 18.0 Å². The van der Waals surface area contributed by atoms with E-state index in [1.807, 2.05) is 18.7 Å². The molecule has 0 spiro atoms. The number of halogens is 6. The molecule has 1 aliphatic rings. The second-order valence-electron chi connectivity index (χ2n) is 7.62. The first-order valence-electron chi connectivity index (χ1n) is 9.91. The van der Waals surface area contributed by atoms with Gasteiger partial charge in [0.25, 0.3) is 5.56 Å². The number of anilines is 1. The van der Waals surface area contributed by atoms with Crippen LogP contribution in [-0.4, -0.2) is 45.9 Å². The fraction of sp³-hybridized carbons (Fsp3) is 0.450. The summed E-state index contributed by atoms with van der Waals surface area (Å²) in [5, 5.41) is 7.12. The lowest BCUT2D eigenvalue weighted by Gasteiger charge is -2.24. The highest BCUT2D eigenvalue weighted by atomic mass is 79.9. The van der Waals surface area contributed by atoms with Crippen LogP contribution in [0.4, 0.5) is 27.9 Å². The van der Waals surface area contributed by atoms with Crippen molar-refractivity contribution < 1.29 is 36.6 Å². The molecule has 14 heteroatoms. The summed E-state index contributed by atoms with van der Waals surface area (Å²) in [7, 11) is 0. The average molecular weight is 557 g/mol. The Bertz CT molecular complexity index is 1090. The number of carboxylic acid groups (broad SMARTS) is 1. The van der Waals surface area contributed by atoms with Gasteiger partial charge >= 0.3 is 12.1 Å². The number of carboxylic acids is 1. The molecule has 0 saturated carbocycles. The molecule has 0 amide bonds. The second-order valence-corrected chi connectivity index (χ2v) is 8.41. The van der Waals surface area contributed by atoms with Crippen LogP contribution in [0.5, 0.6) is 5.88 Å². The lowest BCUT2D eigenvalue weighted by atomic mass is 10.2. The maximum absolute atomic E-state index is 13.8. The van der Waals surface area contributed by atoms with Crippen LogP contribution in [-0.2, 0) is 11.4 Å². The highest BCUT2D eigenvalue weighted by Gasteiger charge is 2.38. The summed E-state index contributed by atoms with van der Waals surface area (Å²) in [6, 6.07) is 3.14. The van der Waals surface area contributed by atoms with E-state index >= 15 is 0 Å². The van der Waals surface area contributed by atoms with Crippen LogP contribution in [0.25, 0.3) is 0 Å². The zero-order valence-electron chi connectivity index (χ0n) is 18.1. The lowest BCUT2D eigenvalue weighted by molar-refractivity contribution is -0.192. The maximum atomic E-state index is 13.8. The Hall–Kier alpha value is -2.74.